The number of rotatable bonds is 8. The van der Waals surface area contributed by atoms with Crippen molar-refractivity contribution >= 4 is 7.75 Å². The second kappa shape index (κ2) is 8.56. The lowest BCUT2D eigenvalue weighted by Crippen LogP contribution is -2.23. The Morgan fingerprint density at radius 3 is 2.12 bits per heavy atom. The van der Waals surface area contributed by atoms with Crippen molar-refractivity contribution in [3.63, 3.8) is 0 Å². The van der Waals surface area contributed by atoms with Crippen LogP contribution in [0.4, 0.5) is 0 Å². The Balaban J connectivity index is 2.00. The molecule has 6 heteroatoms. The molecule has 130 valence electrons. The second-order valence-corrected chi connectivity index (χ2v) is 7.20. The van der Waals surface area contributed by atoms with E-state index in [2.05, 4.69) is 0 Å². The number of hydrogen-bond donors (Lipinski definition) is 2. The molecule has 0 aromatic heterocycles. The van der Waals surface area contributed by atoms with Gasteiger partial charge in [0.05, 0.1) is 19.3 Å². The van der Waals surface area contributed by atoms with Crippen LogP contribution in [-0.2, 0) is 26.9 Å². The van der Waals surface area contributed by atoms with Gasteiger partial charge < -0.3 is 9.63 Å². The van der Waals surface area contributed by atoms with E-state index in [-0.39, 0.29) is 6.61 Å². The molecule has 0 radical (unpaired) electrons. The average molecular weight is 349 g/mol. The number of benzene rings is 2. The highest BCUT2D eigenvalue weighted by molar-refractivity contribution is 7.50. The summed E-state index contributed by atoms with van der Waals surface area (Å²) in [6.45, 7) is 4.61. The molecule has 24 heavy (non-hydrogen) atoms. The molecule has 0 bridgehead atoms. The summed E-state index contributed by atoms with van der Waals surface area (Å²) in [5.41, 5.74) is 9.51. The Morgan fingerprint density at radius 1 is 1.04 bits per heavy atom. The van der Waals surface area contributed by atoms with Crippen molar-refractivity contribution in [2.24, 2.45) is 5.50 Å². The van der Waals surface area contributed by atoms with Crippen molar-refractivity contribution in [3.05, 3.63) is 70.8 Å². The fourth-order valence-electron chi connectivity index (χ4n) is 2.50. The first-order chi connectivity index (χ1) is 11.3. The molecule has 0 fully saturated rings. The number of aryl methyl sites for hydroxylation is 2. The maximum absolute atomic E-state index is 11.4. The van der Waals surface area contributed by atoms with Gasteiger partial charge in [-0.25, -0.2) is 10.1 Å². The summed E-state index contributed by atoms with van der Waals surface area (Å²) >= 11 is 0. The Bertz CT molecular complexity index is 714. The van der Waals surface area contributed by atoms with E-state index in [9.17, 15) is 9.46 Å². The largest absolute Gasteiger partial charge is 0.400 e. The van der Waals surface area contributed by atoms with E-state index in [1.807, 2.05) is 62.4 Å². The van der Waals surface area contributed by atoms with E-state index in [0.717, 1.165) is 22.3 Å². The summed E-state index contributed by atoms with van der Waals surface area (Å²) in [6.07, 6.45) is -0.127. The van der Waals surface area contributed by atoms with Crippen LogP contribution in [-0.4, -0.2) is 17.6 Å². The predicted octanol–water partition coefficient (Wildman–Crippen LogP) is 3.51. The molecule has 0 aliphatic rings. The van der Waals surface area contributed by atoms with Gasteiger partial charge in [-0.05, 0) is 36.1 Å². The van der Waals surface area contributed by atoms with Gasteiger partial charge in [-0.3, -0.25) is 4.52 Å². The highest BCUT2D eigenvalue weighted by Gasteiger charge is 2.21. The standard InChI is InChI=1S/C18H24NO4P/c1-14-7-3-5-9-16(14)11-18(23-24(19,20)21)13-22-12-17-10-6-4-8-15(17)2/h3-10,18H,11-13H2,1-2H3,(H3,19,20,21)/t18-/m1/s1. The Morgan fingerprint density at radius 2 is 1.58 bits per heavy atom. The molecule has 0 saturated heterocycles. The quantitative estimate of drug-likeness (QED) is 0.713. The van der Waals surface area contributed by atoms with Crippen LogP contribution in [0.1, 0.15) is 22.3 Å². The van der Waals surface area contributed by atoms with Crippen molar-refractivity contribution in [3.8, 4) is 0 Å². The molecule has 0 spiro atoms. The molecule has 2 atom stereocenters. The Hall–Kier alpha value is -1.49. The van der Waals surface area contributed by atoms with Crippen molar-refractivity contribution in [1.29, 1.82) is 0 Å². The van der Waals surface area contributed by atoms with Crippen LogP contribution in [0.25, 0.3) is 0 Å². The molecule has 2 aromatic rings. The summed E-state index contributed by atoms with van der Waals surface area (Å²) < 4.78 is 22.3. The molecule has 2 rings (SSSR count). The van der Waals surface area contributed by atoms with Crippen molar-refractivity contribution in [1.82, 2.24) is 0 Å². The summed E-state index contributed by atoms with van der Waals surface area (Å²) in [5, 5.41) is 0. The molecule has 2 aromatic carbocycles. The Labute approximate surface area is 143 Å². The van der Waals surface area contributed by atoms with Gasteiger partial charge in [0.25, 0.3) is 0 Å². The van der Waals surface area contributed by atoms with Crippen LogP contribution < -0.4 is 5.50 Å². The van der Waals surface area contributed by atoms with E-state index >= 15 is 0 Å². The predicted molar refractivity (Wildman–Crippen MR) is 94.6 cm³/mol. The van der Waals surface area contributed by atoms with E-state index in [1.54, 1.807) is 0 Å². The second-order valence-electron chi connectivity index (χ2n) is 5.86. The molecule has 0 amide bonds. The zero-order chi connectivity index (χ0) is 17.6. The van der Waals surface area contributed by atoms with Crippen LogP contribution in [0, 0.1) is 13.8 Å². The monoisotopic (exact) mass is 349 g/mol. The third-order valence-corrected chi connectivity index (χ3v) is 4.43. The normalized spacial score (nSPS) is 15.0. The summed E-state index contributed by atoms with van der Waals surface area (Å²) in [6, 6.07) is 15.8. The van der Waals surface area contributed by atoms with Crippen molar-refractivity contribution in [2.75, 3.05) is 6.61 Å². The highest BCUT2D eigenvalue weighted by Crippen LogP contribution is 2.34. The SMILES string of the molecule is Cc1ccccc1COC[C@@H](Cc1ccccc1C)OP(N)(=O)O. The molecule has 1 unspecified atom stereocenters. The van der Waals surface area contributed by atoms with Gasteiger partial charge in [0.15, 0.2) is 0 Å². The lowest BCUT2D eigenvalue weighted by Gasteiger charge is -2.20. The first kappa shape index (κ1) is 18.8. The van der Waals surface area contributed by atoms with Crippen LogP contribution in [0.3, 0.4) is 0 Å². The van der Waals surface area contributed by atoms with Gasteiger partial charge in [-0.2, -0.15) is 0 Å². The first-order valence-corrected chi connectivity index (χ1v) is 9.46. The lowest BCUT2D eigenvalue weighted by atomic mass is 10.0. The smallest absolute Gasteiger partial charge is 0.374 e. The zero-order valence-corrected chi connectivity index (χ0v) is 14.9. The minimum atomic E-state index is -4.08. The molecular weight excluding hydrogens is 325 g/mol. The summed E-state index contributed by atoms with van der Waals surface area (Å²) in [5.74, 6) is 0. The minimum absolute atomic E-state index is 0.185. The van der Waals surface area contributed by atoms with Gasteiger partial charge in [0.1, 0.15) is 0 Å². The zero-order valence-electron chi connectivity index (χ0n) is 14.0. The van der Waals surface area contributed by atoms with E-state index < -0.39 is 13.9 Å². The molecule has 0 heterocycles. The summed E-state index contributed by atoms with van der Waals surface area (Å²) in [4.78, 5) is 9.35. The third-order valence-electron chi connectivity index (χ3n) is 3.83. The average Bonchev–Trinajstić information content (AvgIpc) is 2.50. The van der Waals surface area contributed by atoms with Gasteiger partial charge in [-0.15, -0.1) is 0 Å². The molecule has 0 aliphatic carbocycles. The van der Waals surface area contributed by atoms with Crippen LogP contribution in [0.5, 0.6) is 0 Å². The minimum Gasteiger partial charge on any atom is -0.374 e. The van der Waals surface area contributed by atoms with E-state index in [4.69, 9.17) is 14.8 Å². The number of nitrogens with two attached hydrogens (primary N) is 1. The van der Waals surface area contributed by atoms with Crippen LogP contribution >= 0.6 is 7.75 Å². The van der Waals surface area contributed by atoms with Crippen LogP contribution in [0.2, 0.25) is 0 Å². The van der Waals surface area contributed by atoms with Crippen molar-refractivity contribution in [2.45, 2.75) is 33.0 Å². The fraction of sp³-hybridized carbons (Fsp3) is 0.333. The number of hydrogen-bond acceptors (Lipinski definition) is 3. The topological polar surface area (TPSA) is 81.8 Å². The third kappa shape index (κ3) is 6.19. The van der Waals surface area contributed by atoms with E-state index in [1.165, 1.54) is 0 Å². The van der Waals surface area contributed by atoms with Crippen LogP contribution in [0.15, 0.2) is 48.5 Å². The number of ether oxygens (including phenoxy) is 1. The molecule has 3 N–H and O–H groups in total. The van der Waals surface area contributed by atoms with Gasteiger partial charge in [0, 0.05) is 6.42 Å². The van der Waals surface area contributed by atoms with E-state index in [0.29, 0.717) is 13.0 Å². The molecular formula is C18H24NO4P. The summed E-state index contributed by atoms with van der Waals surface area (Å²) in [7, 11) is -4.08. The molecule has 5 nitrogen and oxygen atoms in total. The lowest BCUT2D eigenvalue weighted by molar-refractivity contribution is 0.0358. The molecule has 0 saturated carbocycles. The van der Waals surface area contributed by atoms with Gasteiger partial charge >= 0.3 is 7.75 Å². The van der Waals surface area contributed by atoms with Crippen molar-refractivity contribution < 1.29 is 18.7 Å². The maximum atomic E-state index is 11.4. The van der Waals surface area contributed by atoms with Gasteiger partial charge in [0.2, 0.25) is 0 Å². The fourth-order valence-corrected chi connectivity index (χ4v) is 3.06. The first-order valence-electron chi connectivity index (χ1n) is 7.81. The molecule has 0 aliphatic heterocycles. The van der Waals surface area contributed by atoms with Gasteiger partial charge in [-0.1, -0.05) is 48.5 Å². The highest BCUT2D eigenvalue weighted by atomic mass is 31.2. The Kier molecular flexibility index (Phi) is 6.72. The maximum Gasteiger partial charge on any atom is 0.400 e.